The van der Waals surface area contributed by atoms with Crippen molar-refractivity contribution >= 4 is 11.6 Å². The van der Waals surface area contributed by atoms with Crippen molar-refractivity contribution in [2.24, 2.45) is 0 Å². The van der Waals surface area contributed by atoms with Crippen molar-refractivity contribution in [1.82, 2.24) is 0 Å². The molecular weight excluding hydrogens is 284 g/mol. The van der Waals surface area contributed by atoms with Crippen LogP contribution in [0.4, 0.5) is 0 Å². The Balaban J connectivity index is 2.88. The molecule has 0 unspecified atom stereocenters. The summed E-state index contributed by atoms with van der Waals surface area (Å²) in [5.74, 6) is 1.47. The molecule has 0 heterocycles. The lowest BCUT2D eigenvalue weighted by Gasteiger charge is -2.27. The minimum atomic E-state index is 0.0492. The molecular formula is C18H29ClO2. The predicted molar refractivity (Wildman–Crippen MR) is 90.9 cm³/mol. The summed E-state index contributed by atoms with van der Waals surface area (Å²) < 4.78 is 11.3. The van der Waals surface area contributed by atoms with E-state index < -0.39 is 0 Å². The van der Waals surface area contributed by atoms with E-state index in [1.54, 1.807) is 0 Å². The second kappa shape index (κ2) is 7.51. The molecule has 1 aromatic rings. The Morgan fingerprint density at radius 2 is 1.57 bits per heavy atom. The SMILES string of the molecule is CC(C)(C)c1ccc(OCCOCCCl)c(C(C)(C)C)c1. The molecule has 2 nitrogen and oxygen atoms in total. The third-order valence-corrected chi connectivity index (χ3v) is 3.51. The van der Waals surface area contributed by atoms with Gasteiger partial charge in [0.05, 0.1) is 13.2 Å². The first-order chi connectivity index (χ1) is 9.66. The van der Waals surface area contributed by atoms with Crippen molar-refractivity contribution in [2.75, 3.05) is 25.7 Å². The molecule has 0 amide bonds. The van der Waals surface area contributed by atoms with Crippen LogP contribution in [0.3, 0.4) is 0 Å². The van der Waals surface area contributed by atoms with Gasteiger partial charge in [0.15, 0.2) is 0 Å². The van der Waals surface area contributed by atoms with Crippen LogP contribution < -0.4 is 4.74 Å². The van der Waals surface area contributed by atoms with Crippen molar-refractivity contribution in [1.29, 1.82) is 0 Å². The number of alkyl halides is 1. The molecule has 21 heavy (non-hydrogen) atoms. The summed E-state index contributed by atoms with van der Waals surface area (Å²) in [6.45, 7) is 15.0. The van der Waals surface area contributed by atoms with Crippen LogP contribution in [0.15, 0.2) is 18.2 Å². The Hall–Kier alpha value is -0.730. The lowest BCUT2D eigenvalue weighted by Crippen LogP contribution is -2.18. The fourth-order valence-corrected chi connectivity index (χ4v) is 2.18. The lowest BCUT2D eigenvalue weighted by atomic mass is 9.80. The summed E-state index contributed by atoms with van der Waals surface area (Å²) in [5.41, 5.74) is 2.76. The smallest absolute Gasteiger partial charge is 0.123 e. The number of ether oxygens (including phenoxy) is 2. The Bertz CT molecular complexity index is 442. The summed E-state index contributed by atoms with van der Waals surface area (Å²) in [6, 6.07) is 6.52. The Morgan fingerprint density at radius 3 is 2.10 bits per heavy atom. The molecule has 0 radical (unpaired) electrons. The van der Waals surface area contributed by atoms with Crippen molar-refractivity contribution in [3.8, 4) is 5.75 Å². The molecule has 1 rings (SSSR count). The first kappa shape index (κ1) is 18.3. The minimum Gasteiger partial charge on any atom is -0.491 e. The molecule has 120 valence electrons. The first-order valence-electron chi connectivity index (χ1n) is 7.58. The van der Waals surface area contributed by atoms with E-state index in [1.807, 2.05) is 0 Å². The molecule has 0 saturated carbocycles. The molecule has 0 atom stereocenters. The fraction of sp³-hybridized carbons (Fsp3) is 0.667. The molecule has 0 aliphatic carbocycles. The summed E-state index contributed by atoms with van der Waals surface area (Å²) in [4.78, 5) is 0. The van der Waals surface area contributed by atoms with E-state index >= 15 is 0 Å². The van der Waals surface area contributed by atoms with Gasteiger partial charge in [0.1, 0.15) is 12.4 Å². The predicted octanol–water partition coefficient (Wildman–Crippen LogP) is 4.92. The number of hydrogen-bond donors (Lipinski definition) is 0. The second-order valence-electron chi connectivity index (χ2n) is 7.36. The van der Waals surface area contributed by atoms with Crippen LogP contribution >= 0.6 is 11.6 Å². The van der Waals surface area contributed by atoms with Gasteiger partial charge in [-0.25, -0.2) is 0 Å². The van der Waals surface area contributed by atoms with Crippen molar-refractivity contribution < 1.29 is 9.47 Å². The van der Waals surface area contributed by atoms with Crippen LogP contribution in [0.25, 0.3) is 0 Å². The lowest BCUT2D eigenvalue weighted by molar-refractivity contribution is 0.110. The Kier molecular flexibility index (Phi) is 6.55. The third kappa shape index (κ3) is 5.88. The minimum absolute atomic E-state index is 0.0492. The van der Waals surface area contributed by atoms with Gasteiger partial charge in [0, 0.05) is 5.88 Å². The highest BCUT2D eigenvalue weighted by Crippen LogP contribution is 2.35. The maximum absolute atomic E-state index is 5.91. The molecule has 0 fully saturated rings. The Labute approximate surface area is 134 Å². The van der Waals surface area contributed by atoms with E-state index in [4.69, 9.17) is 21.1 Å². The zero-order valence-electron chi connectivity index (χ0n) is 14.3. The van der Waals surface area contributed by atoms with Crippen molar-refractivity contribution in [3.63, 3.8) is 0 Å². The Morgan fingerprint density at radius 1 is 0.905 bits per heavy atom. The molecule has 0 aromatic heterocycles. The molecule has 0 N–H and O–H groups in total. The van der Waals surface area contributed by atoms with Crippen LogP contribution in [-0.4, -0.2) is 25.7 Å². The highest BCUT2D eigenvalue weighted by atomic mass is 35.5. The van der Waals surface area contributed by atoms with E-state index in [2.05, 4.69) is 59.7 Å². The topological polar surface area (TPSA) is 18.5 Å². The summed E-state index contributed by atoms with van der Waals surface area (Å²) >= 11 is 5.58. The number of rotatable bonds is 6. The molecule has 0 bridgehead atoms. The van der Waals surface area contributed by atoms with E-state index in [9.17, 15) is 0 Å². The maximum atomic E-state index is 5.91. The highest BCUT2D eigenvalue weighted by molar-refractivity contribution is 6.17. The van der Waals surface area contributed by atoms with E-state index in [1.165, 1.54) is 11.1 Å². The highest BCUT2D eigenvalue weighted by Gasteiger charge is 2.22. The van der Waals surface area contributed by atoms with Crippen LogP contribution in [0.2, 0.25) is 0 Å². The summed E-state index contributed by atoms with van der Waals surface area (Å²) in [7, 11) is 0. The van der Waals surface area contributed by atoms with Crippen LogP contribution in [0.1, 0.15) is 52.7 Å². The average molecular weight is 313 g/mol. The third-order valence-electron chi connectivity index (χ3n) is 3.36. The van der Waals surface area contributed by atoms with Gasteiger partial charge in [0.25, 0.3) is 0 Å². The van der Waals surface area contributed by atoms with Gasteiger partial charge >= 0.3 is 0 Å². The molecule has 3 heteroatoms. The standard InChI is InChI=1S/C18H29ClO2/c1-17(2,3)14-7-8-16(15(13-14)18(4,5)6)21-12-11-20-10-9-19/h7-8,13H,9-12H2,1-6H3. The van der Waals surface area contributed by atoms with E-state index in [0.29, 0.717) is 25.7 Å². The van der Waals surface area contributed by atoms with E-state index in [-0.39, 0.29) is 10.8 Å². The van der Waals surface area contributed by atoms with Crippen molar-refractivity contribution in [2.45, 2.75) is 52.4 Å². The quantitative estimate of drug-likeness (QED) is 0.548. The average Bonchev–Trinajstić information content (AvgIpc) is 2.36. The largest absolute Gasteiger partial charge is 0.491 e. The van der Waals surface area contributed by atoms with Crippen molar-refractivity contribution in [3.05, 3.63) is 29.3 Å². The zero-order valence-corrected chi connectivity index (χ0v) is 15.0. The van der Waals surface area contributed by atoms with Crippen LogP contribution in [-0.2, 0) is 15.6 Å². The molecule has 1 aromatic carbocycles. The summed E-state index contributed by atoms with van der Waals surface area (Å²) in [5, 5.41) is 0. The monoisotopic (exact) mass is 312 g/mol. The van der Waals surface area contributed by atoms with E-state index in [0.717, 1.165) is 5.75 Å². The van der Waals surface area contributed by atoms with Gasteiger partial charge in [-0.2, -0.15) is 0 Å². The van der Waals surface area contributed by atoms with Gasteiger partial charge < -0.3 is 9.47 Å². The maximum Gasteiger partial charge on any atom is 0.123 e. The summed E-state index contributed by atoms with van der Waals surface area (Å²) in [6.07, 6.45) is 0. The second-order valence-corrected chi connectivity index (χ2v) is 7.74. The molecule has 0 aliphatic heterocycles. The van der Waals surface area contributed by atoms with Gasteiger partial charge in [-0.1, -0.05) is 53.7 Å². The molecule has 0 saturated heterocycles. The first-order valence-corrected chi connectivity index (χ1v) is 8.11. The number of halogens is 1. The van der Waals surface area contributed by atoms with Gasteiger partial charge in [-0.05, 0) is 28.0 Å². The van der Waals surface area contributed by atoms with Crippen LogP contribution in [0, 0.1) is 0 Å². The van der Waals surface area contributed by atoms with Gasteiger partial charge in [0.2, 0.25) is 0 Å². The van der Waals surface area contributed by atoms with Crippen LogP contribution in [0.5, 0.6) is 5.75 Å². The molecule has 0 aliphatic rings. The number of hydrogen-bond acceptors (Lipinski definition) is 2. The normalized spacial score (nSPS) is 12.5. The number of benzene rings is 1. The molecule has 0 spiro atoms. The zero-order chi connectivity index (χ0) is 16.1. The fourth-order valence-electron chi connectivity index (χ4n) is 2.08. The van der Waals surface area contributed by atoms with Gasteiger partial charge in [-0.3, -0.25) is 0 Å². The van der Waals surface area contributed by atoms with Gasteiger partial charge in [-0.15, -0.1) is 11.6 Å².